The highest BCUT2D eigenvalue weighted by atomic mass is 32.2. The van der Waals surface area contributed by atoms with E-state index in [-0.39, 0.29) is 0 Å². The lowest BCUT2D eigenvalue weighted by molar-refractivity contribution is 0.418. The zero-order valence-electron chi connectivity index (χ0n) is 8.93. The minimum absolute atomic E-state index is 0.818. The first-order valence-electron chi connectivity index (χ1n) is 5.22. The molecule has 1 N–H and O–H groups in total. The van der Waals surface area contributed by atoms with Crippen LogP contribution < -0.4 is 5.32 Å². The molecule has 3 nitrogen and oxygen atoms in total. The number of thioether (sulfide) groups is 1. The Hall–Kier alpha value is -1.26. The minimum atomic E-state index is 0.818. The number of hydrogen-bond acceptors (Lipinski definition) is 4. The lowest BCUT2D eigenvalue weighted by atomic mass is 10.4. The van der Waals surface area contributed by atoms with Crippen LogP contribution in [-0.2, 0) is 6.54 Å². The van der Waals surface area contributed by atoms with Gasteiger partial charge in [-0.05, 0) is 12.1 Å². The summed E-state index contributed by atoms with van der Waals surface area (Å²) in [5, 5.41) is 6.99. The standard InChI is InChI=1S/C12H14N2OS/c1-2-4-12(5-3-1)16-7-6-13-8-11-9-14-15-10-11/h1-5,9-10,13H,6-8H2. The van der Waals surface area contributed by atoms with Gasteiger partial charge in [0.15, 0.2) is 0 Å². The molecule has 0 saturated heterocycles. The SMILES string of the molecule is c1ccc(SCCNCc2cnoc2)cc1. The van der Waals surface area contributed by atoms with Gasteiger partial charge in [-0.3, -0.25) is 0 Å². The van der Waals surface area contributed by atoms with Crippen molar-refractivity contribution in [1.29, 1.82) is 0 Å². The van der Waals surface area contributed by atoms with E-state index >= 15 is 0 Å². The molecular formula is C12H14N2OS. The molecule has 16 heavy (non-hydrogen) atoms. The number of rotatable bonds is 6. The Morgan fingerprint density at radius 3 is 2.88 bits per heavy atom. The Labute approximate surface area is 99.2 Å². The number of nitrogens with one attached hydrogen (secondary N) is 1. The molecule has 4 heteroatoms. The van der Waals surface area contributed by atoms with Crippen molar-refractivity contribution >= 4 is 11.8 Å². The summed E-state index contributed by atoms with van der Waals surface area (Å²) in [5.41, 5.74) is 1.09. The van der Waals surface area contributed by atoms with Gasteiger partial charge in [0.1, 0.15) is 6.26 Å². The van der Waals surface area contributed by atoms with Gasteiger partial charge in [-0.2, -0.15) is 0 Å². The highest BCUT2D eigenvalue weighted by Gasteiger charge is 1.95. The maximum Gasteiger partial charge on any atom is 0.128 e. The van der Waals surface area contributed by atoms with E-state index in [1.165, 1.54) is 4.90 Å². The van der Waals surface area contributed by atoms with Crippen molar-refractivity contribution in [1.82, 2.24) is 10.5 Å². The second-order valence-corrected chi connectivity index (χ2v) is 4.54. The van der Waals surface area contributed by atoms with E-state index in [0.717, 1.165) is 24.4 Å². The summed E-state index contributed by atoms with van der Waals surface area (Å²) < 4.78 is 4.75. The van der Waals surface area contributed by atoms with Crippen molar-refractivity contribution < 1.29 is 4.52 Å². The fraction of sp³-hybridized carbons (Fsp3) is 0.250. The molecule has 0 radical (unpaired) electrons. The summed E-state index contributed by atoms with van der Waals surface area (Å²) in [6, 6.07) is 10.4. The predicted octanol–water partition coefficient (Wildman–Crippen LogP) is 2.56. The average Bonchev–Trinajstić information content (AvgIpc) is 2.83. The van der Waals surface area contributed by atoms with Crippen LogP contribution in [-0.4, -0.2) is 17.5 Å². The van der Waals surface area contributed by atoms with E-state index in [1.54, 1.807) is 12.5 Å². The van der Waals surface area contributed by atoms with E-state index in [1.807, 2.05) is 17.8 Å². The third kappa shape index (κ3) is 3.72. The third-order valence-corrected chi connectivity index (χ3v) is 3.12. The van der Waals surface area contributed by atoms with E-state index < -0.39 is 0 Å². The first kappa shape index (κ1) is 11.2. The van der Waals surface area contributed by atoms with Crippen LogP contribution in [0.2, 0.25) is 0 Å². The Morgan fingerprint density at radius 1 is 1.25 bits per heavy atom. The van der Waals surface area contributed by atoms with Crippen molar-refractivity contribution in [2.24, 2.45) is 0 Å². The monoisotopic (exact) mass is 234 g/mol. The zero-order chi connectivity index (χ0) is 11.1. The van der Waals surface area contributed by atoms with Crippen molar-refractivity contribution in [3.8, 4) is 0 Å². The Balaban J connectivity index is 1.59. The summed E-state index contributed by atoms with van der Waals surface area (Å²) in [4.78, 5) is 1.31. The summed E-state index contributed by atoms with van der Waals surface area (Å²) in [6.07, 6.45) is 3.40. The van der Waals surface area contributed by atoms with E-state index in [4.69, 9.17) is 4.52 Å². The van der Waals surface area contributed by atoms with E-state index in [2.05, 4.69) is 34.7 Å². The fourth-order valence-electron chi connectivity index (χ4n) is 1.30. The van der Waals surface area contributed by atoms with Crippen LogP contribution in [0, 0.1) is 0 Å². The zero-order valence-corrected chi connectivity index (χ0v) is 9.74. The maximum atomic E-state index is 4.75. The molecule has 84 valence electrons. The summed E-state index contributed by atoms with van der Waals surface area (Å²) in [5.74, 6) is 1.06. The molecule has 0 saturated carbocycles. The van der Waals surface area contributed by atoms with Crippen LogP contribution in [0.15, 0.2) is 52.2 Å². The summed E-state index contributed by atoms with van der Waals surface area (Å²) >= 11 is 1.86. The first-order chi connectivity index (χ1) is 7.95. The molecule has 0 aliphatic heterocycles. The van der Waals surface area contributed by atoms with E-state index in [0.29, 0.717) is 0 Å². The molecule has 0 aliphatic rings. The van der Waals surface area contributed by atoms with Crippen molar-refractivity contribution in [2.45, 2.75) is 11.4 Å². The summed E-state index contributed by atoms with van der Waals surface area (Å²) in [6.45, 7) is 1.80. The smallest absolute Gasteiger partial charge is 0.128 e. The van der Waals surface area contributed by atoms with Crippen LogP contribution in [0.25, 0.3) is 0 Å². The first-order valence-corrected chi connectivity index (χ1v) is 6.20. The van der Waals surface area contributed by atoms with Gasteiger partial charge in [-0.15, -0.1) is 11.8 Å². The third-order valence-electron chi connectivity index (χ3n) is 2.10. The molecule has 0 unspecified atom stereocenters. The van der Waals surface area contributed by atoms with Gasteiger partial charge in [0, 0.05) is 29.3 Å². The van der Waals surface area contributed by atoms with Gasteiger partial charge in [0.05, 0.1) is 6.20 Å². The normalized spacial score (nSPS) is 10.5. The van der Waals surface area contributed by atoms with Crippen LogP contribution in [0.3, 0.4) is 0 Å². The van der Waals surface area contributed by atoms with Gasteiger partial charge in [0.2, 0.25) is 0 Å². The summed E-state index contributed by atoms with van der Waals surface area (Å²) in [7, 11) is 0. The second-order valence-electron chi connectivity index (χ2n) is 3.37. The molecule has 1 aromatic heterocycles. The van der Waals surface area contributed by atoms with Gasteiger partial charge in [0.25, 0.3) is 0 Å². The number of nitrogens with zero attached hydrogens (tertiary/aromatic N) is 1. The molecule has 0 amide bonds. The maximum absolute atomic E-state index is 4.75. The predicted molar refractivity (Wildman–Crippen MR) is 65.4 cm³/mol. The van der Waals surface area contributed by atoms with Crippen LogP contribution in [0.1, 0.15) is 5.56 Å². The van der Waals surface area contributed by atoms with Gasteiger partial charge < -0.3 is 9.84 Å². The number of benzene rings is 1. The molecule has 1 heterocycles. The molecule has 0 bridgehead atoms. The van der Waals surface area contributed by atoms with Crippen molar-refractivity contribution in [2.75, 3.05) is 12.3 Å². The fourth-order valence-corrected chi connectivity index (χ4v) is 2.14. The van der Waals surface area contributed by atoms with Crippen LogP contribution in [0.4, 0.5) is 0 Å². The Kier molecular flexibility index (Phi) is 4.46. The Bertz CT molecular complexity index is 389. The molecule has 2 rings (SSSR count). The molecule has 2 aromatic rings. The Morgan fingerprint density at radius 2 is 2.12 bits per heavy atom. The molecule has 0 fully saturated rings. The lowest BCUT2D eigenvalue weighted by Gasteiger charge is -2.02. The molecule has 0 aliphatic carbocycles. The molecule has 0 spiro atoms. The van der Waals surface area contributed by atoms with Gasteiger partial charge >= 0.3 is 0 Å². The highest BCUT2D eigenvalue weighted by Crippen LogP contribution is 2.15. The molecular weight excluding hydrogens is 220 g/mol. The van der Waals surface area contributed by atoms with Gasteiger partial charge in [-0.1, -0.05) is 23.4 Å². The van der Waals surface area contributed by atoms with Crippen LogP contribution in [0.5, 0.6) is 0 Å². The molecule has 1 aromatic carbocycles. The van der Waals surface area contributed by atoms with E-state index in [9.17, 15) is 0 Å². The van der Waals surface area contributed by atoms with Crippen LogP contribution >= 0.6 is 11.8 Å². The van der Waals surface area contributed by atoms with Crippen molar-refractivity contribution in [3.05, 3.63) is 48.4 Å². The van der Waals surface area contributed by atoms with Gasteiger partial charge in [-0.25, -0.2) is 0 Å². The van der Waals surface area contributed by atoms with Crippen molar-refractivity contribution in [3.63, 3.8) is 0 Å². The highest BCUT2D eigenvalue weighted by molar-refractivity contribution is 7.99. The topological polar surface area (TPSA) is 38.1 Å². The second kappa shape index (κ2) is 6.35. The number of aromatic nitrogens is 1. The molecule has 0 atom stereocenters. The number of hydrogen-bond donors (Lipinski definition) is 1. The minimum Gasteiger partial charge on any atom is -0.364 e. The average molecular weight is 234 g/mol. The lowest BCUT2D eigenvalue weighted by Crippen LogP contribution is -2.15. The quantitative estimate of drug-likeness (QED) is 0.616. The largest absolute Gasteiger partial charge is 0.364 e.